The van der Waals surface area contributed by atoms with Gasteiger partial charge in [-0.3, -0.25) is 9.59 Å². The zero-order chi connectivity index (χ0) is 21.0. The van der Waals surface area contributed by atoms with Gasteiger partial charge in [0.15, 0.2) is 0 Å². The van der Waals surface area contributed by atoms with E-state index in [2.05, 4.69) is 16.2 Å². The third-order valence-electron chi connectivity index (χ3n) is 3.89. The summed E-state index contributed by atoms with van der Waals surface area (Å²) in [6.45, 7) is 3.39. The summed E-state index contributed by atoms with van der Waals surface area (Å²) in [5.41, 5.74) is -0.359. The third kappa shape index (κ3) is 8.13. The van der Waals surface area contributed by atoms with Crippen molar-refractivity contribution >= 4 is 18.4 Å². The number of hydrogen-bond acceptors (Lipinski definition) is 10. The SMILES string of the molecule is C=CC(=O)OC.O=C1OC[C@]23C=C[C@H](CC12)O3.O=CO[O-].OCc1ccco1.[Na+]. The van der Waals surface area contributed by atoms with E-state index in [4.69, 9.17) is 29.0 Å². The molecule has 0 aliphatic carbocycles. The van der Waals surface area contributed by atoms with Gasteiger partial charge in [-0.25, -0.2) is 4.79 Å². The summed E-state index contributed by atoms with van der Waals surface area (Å²) in [7, 11) is 1.31. The number of esters is 2. The molecule has 3 aliphatic heterocycles. The van der Waals surface area contributed by atoms with Gasteiger partial charge in [0.25, 0.3) is 6.47 Å². The standard InChI is InChI=1S/C8H8O3.C5H6O2.C4H6O2.CH2O3.Na/c9-7-6-3-5-1-2-8(6,11-5)4-10-7;6-4-5-2-1-3-7-5;1-3-4(5)6-2;2-1-4-3;/h1-2,5-6H,3-4H2;1-3,6H,4H2;3H,1H2,2H3;1,3H;/q;;;;+1/p-1/t5-,6?,8-;;;;/m1..../s1. The van der Waals surface area contributed by atoms with Crippen molar-refractivity contribution < 1.29 is 77.8 Å². The molecule has 0 saturated carbocycles. The maximum Gasteiger partial charge on any atom is 1.00 e. The van der Waals surface area contributed by atoms with Crippen LogP contribution in [0.25, 0.3) is 0 Å². The zero-order valence-corrected chi connectivity index (χ0v) is 18.1. The number of methoxy groups -OCH3 is 1. The van der Waals surface area contributed by atoms with Crippen LogP contribution >= 0.6 is 0 Å². The number of ether oxygens (including phenoxy) is 3. The maximum atomic E-state index is 11.1. The quantitative estimate of drug-likeness (QED) is 0.101. The third-order valence-corrected chi connectivity index (χ3v) is 3.89. The number of carbonyl (C=O) groups is 3. The molecule has 4 heterocycles. The summed E-state index contributed by atoms with van der Waals surface area (Å²) in [5, 5.41) is 16.8. The molecule has 3 atom stereocenters. The molecule has 1 N–H and O–H groups in total. The van der Waals surface area contributed by atoms with Gasteiger partial charge in [-0.2, -0.15) is 0 Å². The van der Waals surface area contributed by atoms with Crippen LogP contribution in [0.4, 0.5) is 0 Å². The molecule has 10 nitrogen and oxygen atoms in total. The molecule has 1 aromatic heterocycles. The summed E-state index contributed by atoms with van der Waals surface area (Å²) in [6.07, 6.45) is 7.64. The Hall–Kier alpha value is -1.95. The normalized spacial score (nSPS) is 23.9. The van der Waals surface area contributed by atoms with E-state index in [1.54, 1.807) is 12.1 Å². The molecule has 2 fully saturated rings. The number of hydrogen-bond donors (Lipinski definition) is 1. The Kier molecular flexibility index (Phi) is 13.2. The van der Waals surface area contributed by atoms with Crippen molar-refractivity contribution in [3.05, 3.63) is 49.0 Å². The number of cyclic esters (lactones) is 1. The van der Waals surface area contributed by atoms with Crippen LogP contribution in [0, 0.1) is 5.92 Å². The maximum absolute atomic E-state index is 11.1. The van der Waals surface area contributed by atoms with E-state index in [-0.39, 0.29) is 66.2 Å². The minimum absolute atomic E-state index is 0. The van der Waals surface area contributed by atoms with Crippen LogP contribution in [0.3, 0.4) is 0 Å². The van der Waals surface area contributed by atoms with Crippen molar-refractivity contribution in [1.82, 2.24) is 0 Å². The van der Waals surface area contributed by atoms with Crippen LogP contribution in [0.1, 0.15) is 12.2 Å². The molecule has 1 spiro atoms. The monoisotopic (exact) mass is 420 g/mol. The van der Waals surface area contributed by atoms with Crippen LogP contribution in [0.5, 0.6) is 0 Å². The second kappa shape index (κ2) is 14.1. The second-order valence-corrected chi connectivity index (χ2v) is 5.52. The number of furan rings is 1. The summed E-state index contributed by atoms with van der Waals surface area (Å²) in [5.74, 6) is 0.115. The van der Waals surface area contributed by atoms with Crippen molar-refractivity contribution in [2.45, 2.75) is 24.7 Å². The molecule has 0 amide bonds. The number of rotatable bonds is 3. The predicted molar refractivity (Wildman–Crippen MR) is 89.8 cm³/mol. The Morgan fingerprint density at radius 3 is 2.55 bits per heavy atom. The van der Waals surface area contributed by atoms with Crippen molar-refractivity contribution in [2.75, 3.05) is 13.7 Å². The van der Waals surface area contributed by atoms with Crippen molar-refractivity contribution in [2.24, 2.45) is 5.92 Å². The fraction of sp³-hybridized carbons (Fsp3) is 0.389. The van der Waals surface area contributed by atoms with Crippen LogP contribution < -0.4 is 34.8 Å². The van der Waals surface area contributed by atoms with Crippen molar-refractivity contribution in [3.63, 3.8) is 0 Å². The molecule has 11 heteroatoms. The summed E-state index contributed by atoms with van der Waals surface area (Å²) in [4.78, 5) is 32.2. The van der Waals surface area contributed by atoms with Gasteiger partial charge in [0.05, 0.1) is 25.4 Å². The fourth-order valence-corrected chi connectivity index (χ4v) is 2.64. The van der Waals surface area contributed by atoms with Gasteiger partial charge >= 0.3 is 41.5 Å². The topological polar surface area (TPSA) is 145 Å². The van der Waals surface area contributed by atoms with Gasteiger partial charge in [0.1, 0.15) is 24.6 Å². The van der Waals surface area contributed by atoms with Gasteiger partial charge in [-0.05, 0) is 24.6 Å². The fourth-order valence-electron chi connectivity index (χ4n) is 2.64. The molecule has 1 aromatic rings. The Morgan fingerprint density at radius 1 is 1.52 bits per heavy atom. The van der Waals surface area contributed by atoms with Crippen molar-refractivity contribution in [3.8, 4) is 0 Å². The molecule has 3 aliphatic rings. The number of aliphatic hydroxyl groups excluding tert-OH is 1. The average Bonchev–Trinajstić information content (AvgIpc) is 3.52. The molecule has 0 radical (unpaired) electrons. The van der Waals surface area contributed by atoms with Gasteiger partial charge in [-0.1, -0.05) is 12.7 Å². The summed E-state index contributed by atoms with van der Waals surface area (Å²) in [6, 6.07) is 3.46. The van der Waals surface area contributed by atoms with Gasteiger partial charge < -0.3 is 33.9 Å². The molecule has 29 heavy (non-hydrogen) atoms. The Bertz CT molecular complexity index is 672. The van der Waals surface area contributed by atoms with Crippen LogP contribution in [-0.4, -0.2) is 48.9 Å². The van der Waals surface area contributed by atoms with Gasteiger partial charge in [-0.15, -0.1) is 0 Å². The van der Waals surface area contributed by atoms with E-state index in [1.165, 1.54) is 13.4 Å². The first-order chi connectivity index (χ1) is 13.5. The molecular weight excluding hydrogens is 399 g/mol. The van der Waals surface area contributed by atoms with Crippen LogP contribution in [0.2, 0.25) is 0 Å². The Morgan fingerprint density at radius 2 is 2.21 bits per heavy atom. The van der Waals surface area contributed by atoms with E-state index < -0.39 is 5.97 Å². The first-order valence-electron chi connectivity index (χ1n) is 8.06. The first kappa shape index (κ1) is 27.0. The van der Waals surface area contributed by atoms with Gasteiger partial charge in [0.2, 0.25) is 0 Å². The molecule has 1 unspecified atom stereocenters. The van der Waals surface area contributed by atoms with E-state index in [0.29, 0.717) is 12.4 Å². The molecule has 4 rings (SSSR count). The molecular formula is C18H21NaO10. The molecule has 154 valence electrons. The predicted octanol–water partition coefficient (Wildman–Crippen LogP) is -3.19. The summed E-state index contributed by atoms with van der Waals surface area (Å²) < 4.78 is 19.4. The van der Waals surface area contributed by atoms with Crippen molar-refractivity contribution in [1.29, 1.82) is 0 Å². The number of carbonyl (C=O) groups excluding carboxylic acids is 3. The Balaban J connectivity index is 0.000000386. The van der Waals surface area contributed by atoms with E-state index in [0.717, 1.165) is 12.5 Å². The van der Waals surface area contributed by atoms with Crippen LogP contribution in [-0.2, 0) is 40.1 Å². The summed E-state index contributed by atoms with van der Waals surface area (Å²) >= 11 is 0. The van der Waals surface area contributed by atoms with E-state index in [1.807, 2.05) is 12.2 Å². The van der Waals surface area contributed by atoms with Gasteiger partial charge in [0, 0.05) is 6.08 Å². The zero-order valence-electron chi connectivity index (χ0n) is 16.1. The average molecular weight is 420 g/mol. The van der Waals surface area contributed by atoms with E-state index >= 15 is 0 Å². The minimum Gasteiger partial charge on any atom is -0.662 e. The molecule has 2 bridgehead atoms. The van der Waals surface area contributed by atoms with E-state index in [9.17, 15) is 9.59 Å². The van der Waals surface area contributed by atoms with Crippen LogP contribution in [0.15, 0.2) is 47.6 Å². The number of aliphatic hydroxyl groups is 1. The second-order valence-electron chi connectivity index (χ2n) is 5.52. The smallest absolute Gasteiger partial charge is 0.662 e. The Labute approximate surface area is 189 Å². The largest absolute Gasteiger partial charge is 1.00 e. The molecule has 0 aromatic carbocycles. The minimum atomic E-state index is -0.394. The first-order valence-corrected chi connectivity index (χ1v) is 8.06. The number of fused-ring (bicyclic) bond motifs is 1. The molecule has 2 saturated heterocycles.